The van der Waals surface area contributed by atoms with Crippen LogP contribution in [0.1, 0.15) is 19.4 Å². The van der Waals surface area contributed by atoms with Crippen LogP contribution in [0.3, 0.4) is 0 Å². The summed E-state index contributed by atoms with van der Waals surface area (Å²) in [6.07, 6.45) is 2.73. The fraction of sp³-hybridized carbons (Fsp3) is 0.375. The lowest BCUT2D eigenvalue weighted by Crippen LogP contribution is -2.31. The van der Waals surface area contributed by atoms with Crippen LogP contribution in [0.5, 0.6) is 5.75 Å². The quantitative estimate of drug-likeness (QED) is 0.816. The Morgan fingerprint density at radius 1 is 1.36 bits per heavy atom. The van der Waals surface area contributed by atoms with Crippen LogP contribution in [0.4, 0.5) is 5.82 Å². The lowest BCUT2D eigenvalue weighted by atomic mass is 10.1. The zero-order chi connectivity index (χ0) is 15.9. The van der Waals surface area contributed by atoms with E-state index in [0.717, 1.165) is 21.6 Å². The van der Waals surface area contributed by atoms with E-state index in [1.165, 1.54) is 6.33 Å². The summed E-state index contributed by atoms with van der Waals surface area (Å²) in [5.41, 5.74) is 1.05. The molecule has 0 fully saturated rings. The van der Waals surface area contributed by atoms with Crippen LogP contribution >= 0.6 is 15.9 Å². The summed E-state index contributed by atoms with van der Waals surface area (Å²) in [7, 11) is 0. The number of ether oxygens (including phenoxy) is 1. The standard InChI is InChI=1S/C16H20BrN3O2/c1-3-22-15-7-5-4-6-13(15)10-20(9-12(2)21)16-14(17)8-18-11-19-16/h4-8,11-12,21H,3,9-10H2,1-2H3. The Kier molecular flexibility index (Phi) is 6.15. The third-order valence-electron chi connectivity index (χ3n) is 3.07. The van der Waals surface area contributed by atoms with Crippen molar-refractivity contribution in [3.05, 3.63) is 46.8 Å². The van der Waals surface area contributed by atoms with Gasteiger partial charge in [-0.15, -0.1) is 0 Å². The summed E-state index contributed by atoms with van der Waals surface area (Å²) in [6, 6.07) is 7.91. The minimum Gasteiger partial charge on any atom is -0.494 e. The van der Waals surface area contributed by atoms with E-state index in [2.05, 4.69) is 25.9 Å². The highest BCUT2D eigenvalue weighted by Gasteiger charge is 2.16. The summed E-state index contributed by atoms with van der Waals surface area (Å²) in [4.78, 5) is 10.3. The van der Waals surface area contributed by atoms with Crippen LogP contribution in [0.25, 0.3) is 0 Å². The van der Waals surface area contributed by atoms with E-state index in [1.807, 2.05) is 36.1 Å². The molecule has 1 N–H and O–H groups in total. The van der Waals surface area contributed by atoms with Crippen molar-refractivity contribution in [1.29, 1.82) is 0 Å². The zero-order valence-corrected chi connectivity index (χ0v) is 14.3. The van der Waals surface area contributed by atoms with Gasteiger partial charge in [-0.05, 0) is 35.8 Å². The molecule has 2 rings (SSSR count). The molecule has 0 saturated carbocycles. The highest BCUT2D eigenvalue weighted by atomic mass is 79.9. The van der Waals surface area contributed by atoms with E-state index < -0.39 is 6.10 Å². The normalized spacial score (nSPS) is 12.0. The smallest absolute Gasteiger partial charge is 0.146 e. The number of aromatic nitrogens is 2. The number of nitrogens with zero attached hydrogens (tertiary/aromatic N) is 3. The Morgan fingerprint density at radius 2 is 2.14 bits per heavy atom. The van der Waals surface area contributed by atoms with Crippen molar-refractivity contribution >= 4 is 21.7 Å². The van der Waals surface area contributed by atoms with Gasteiger partial charge >= 0.3 is 0 Å². The molecular formula is C16H20BrN3O2. The Balaban J connectivity index is 2.30. The topological polar surface area (TPSA) is 58.5 Å². The number of para-hydroxylation sites is 1. The maximum atomic E-state index is 9.79. The first kappa shape index (κ1) is 16.7. The average Bonchev–Trinajstić information content (AvgIpc) is 2.49. The molecular weight excluding hydrogens is 346 g/mol. The summed E-state index contributed by atoms with van der Waals surface area (Å²) in [5.74, 6) is 1.60. The summed E-state index contributed by atoms with van der Waals surface area (Å²) < 4.78 is 6.47. The molecule has 0 radical (unpaired) electrons. The molecule has 1 unspecified atom stereocenters. The molecule has 22 heavy (non-hydrogen) atoms. The third-order valence-corrected chi connectivity index (χ3v) is 3.63. The van der Waals surface area contributed by atoms with Crippen LogP contribution in [-0.4, -0.2) is 34.3 Å². The van der Waals surface area contributed by atoms with Crippen molar-refractivity contribution in [3.63, 3.8) is 0 Å². The molecule has 1 heterocycles. The first-order valence-corrected chi connectivity index (χ1v) is 8.00. The van der Waals surface area contributed by atoms with Gasteiger partial charge in [0.05, 0.1) is 17.2 Å². The molecule has 0 aliphatic carbocycles. The number of aliphatic hydroxyl groups excluding tert-OH is 1. The number of hydrogen-bond acceptors (Lipinski definition) is 5. The van der Waals surface area contributed by atoms with E-state index in [0.29, 0.717) is 19.7 Å². The van der Waals surface area contributed by atoms with Crippen LogP contribution in [-0.2, 0) is 6.54 Å². The SMILES string of the molecule is CCOc1ccccc1CN(CC(C)O)c1ncncc1Br. The second kappa shape index (κ2) is 8.10. The van der Waals surface area contributed by atoms with E-state index in [4.69, 9.17) is 4.74 Å². The Labute approximate surface area is 139 Å². The number of halogens is 1. The van der Waals surface area contributed by atoms with Gasteiger partial charge in [0, 0.05) is 24.8 Å². The largest absolute Gasteiger partial charge is 0.494 e. The minimum atomic E-state index is -0.471. The molecule has 0 bridgehead atoms. The molecule has 0 aliphatic rings. The predicted molar refractivity (Wildman–Crippen MR) is 90.1 cm³/mol. The van der Waals surface area contributed by atoms with Crippen molar-refractivity contribution in [3.8, 4) is 5.75 Å². The van der Waals surface area contributed by atoms with Gasteiger partial charge in [0.15, 0.2) is 0 Å². The second-order valence-corrected chi connectivity index (χ2v) is 5.82. The number of benzene rings is 1. The van der Waals surface area contributed by atoms with Crippen molar-refractivity contribution < 1.29 is 9.84 Å². The number of rotatable bonds is 7. The van der Waals surface area contributed by atoms with Gasteiger partial charge in [0.25, 0.3) is 0 Å². The number of anilines is 1. The molecule has 5 nitrogen and oxygen atoms in total. The Morgan fingerprint density at radius 3 is 2.82 bits per heavy atom. The summed E-state index contributed by atoms with van der Waals surface area (Å²) in [6.45, 7) is 5.40. The lowest BCUT2D eigenvalue weighted by molar-refractivity contribution is 0.199. The van der Waals surface area contributed by atoms with Crippen LogP contribution in [0.15, 0.2) is 41.3 Å². The van der Waals surface area contributed by atoms with Gasteiger partial charge < -0.3 is 14.7 Å². The third kappa shape index (κ3) is 4.42. The number of hydrogen-bond donors (Lipinski definition) is 1. The average molecular weight is 366 g/mol. The first-order valence-electron chi connectivity index (χ1n) is 7.21. The van der Waals surface area contributed by atoms with Gasteiger partial charge in [-0.1, -0.05) is 18.2 Å². The maximum Gasteiger partial charge on any atom is 0.146 e. The first-order chi connectivity index (χ1) is 10.6. The van der Waals surface area contributed by atoms with Crippen LogP contribution in [0, 0.1) is 0 Å². The Bertz CT molecular complexity index is 607. The van der Waals surface area contributed by atoms with Crippen molar-refractivity contribution in [2.24, 2.45) is 0 Å². The van der Waals surface area contributed by atoms with Gasteiger partial charge in [-0.25, -0.2) is 9.97 Å². The van der Waals surface area contributed by atoms with Crippen LogP contribution < -0.4 is 9.64 Å². The molecule has 0 spiro atoms. The maximum absolute atomic E-state index is 9.79. The molecule has 6 heteroatoms. The fourth-order valence-corrected chi connectivity index (χ4v) is 2.69. The van der Waals surface area contributed by atoms with Crippen LogP contribution in [0.2, 0.25) is 0 Å². The van der Waals surface area contributed by atoms with Gasteiger partial charge in [-0.2, -0.15) is 0 Å². The molecule has 0 saturated heterocycles. The van der Waals surface area contributed by atoms with Gasteiger partial charge in [0.2, 0.25) is 0 Å². The molecule has 1 aromatic carbocycles. The highest BCUT2D eigenvalue weighted by molar-refractivity contribution is 9.10. The monoisotopic (exact) mass is 365 g/mol. The minimum absolute atomic E-state index is 0.468. The fourth-order valence-electron chi connectivity index (χ4n) is 2.22. The zero-order valence-electron chi connectivity index (χ0n) is 12.7. The van der Waals surface area contributed by atoms with E-state index in [-0.39, 0.29) is 0 Å². The molecule has 0 aliphatic heterocycles. The van der Waals surface area contributed by atoms with E-state index in [1.54, 1.807) is 13.1 Å². The second-order valence-electron chi connectivity index (χ2n) is 4.96. The highest BCUT2D eigenvalue weighted by Crippen LogP contribution is 2.27. The summed E-state index contributed by atoms with van der Waals surface area (Å²) in [5, 5.41) is 9.79. The molecule has 0 amide bonds. The summed E-state index contributed by atoms with van der Waals surface area (Å²) >= 11 is 3.47. The molecule has 1 aromatic heterocycles. The van der Waals surface area contributed by atoms with Crippen molar-refractivity contribution in [1.82, 2.24) is 9.97 Å². The Hall–Kier alpha value is -1.66. The van der Waals surface area contributed by atoms with Crippen molar-refractivity contribution in [2.45, 2.75) is 26.5 Å². The number of aliphatic hydroxyl groups is 1. The lowest BCUT2D eigenvalue weighted by Gasteiger charge is -2.26. The molecule has 118 valence electrons. The molecule has 1 atom stereocenters. The predicted octanol–water partition coefficient (Wildman–Crippen LogP) is 3.03. The van der Waals surface area contributed by atoms with Crippen molar-refractivity contribution in [2.75, 3.05) is 18.1 Å². The van der Waals surface area contributed by atoms with E-state index in [9.17, 15) is 5.11 Å². The van der Waals surface area contributed by atoms with E-state index >= 15 is 0 Å². The van der Waals surface area contributed by atoms with Gasteiger partial charge in [-0.3, -0.25) is 0 Å². The van der Waals surface area contributed by atoms with Gasteiger partial charge in [0.1, 0.15) is 17.9 Å². The molecule has 2 aromatic rings.